The lowest BCUT2D eigenvalue weighted by molar-refractivity contribution is -0.131. The first kappa shape index (κ1) is 16.8. The van der Waals surface area contributed by atoms with E-state index in [0.717, 1.165) is 23.4 Å². The van der Waals surface area contributed by atoms with Crippen molar-refractivity contribution in [2.24, 2.45) is 0 Å². The maximum atomic E-state index is 13.8. The molecule has 1 aliphatic rings. The normalized spacial score (nSPS) is 17.0. The van der Waals surface area contributed by atoms with Crippen LogP contribution in [-0.2, 0) is 11.2 Å². The maximum absolute atomic E-state index is 13.8. The first-order chi connectivity index (χ1) is 12.6. The van der Waals surface area contributed by atoms with Crippen molar-refractivity contribution in [1.82, 2.24) is 20.1 Å². The van der Waals surface area contributed by atoms with Crippen molar-refractivity contribution < 1.29 is 13.6 Å². The highest BCUT2D eigenvalue weighted by Crippen LogP contribution is 2.34. The first-order valence-corrected chi connectivity index (χ1v) is 9.28. The fourth-order valence-electron chi connectivity index (χ4n) is 3.20. The summed E-state index contributed by atoms with van der Waals surface area (Å²) in [5.74, 6) is 0.351. The molecule has 3 aromatic rings. The van der Waals surface area contributed by atoms with Crippen molar-refractivity contribution in [3.8, 4) is 10.8 Å². The number of likely N-dealkylation sites (tertiary alicyclic amines) is 1. The van der Waals surface area contributed by atoms with Gasteiger partial charge in [-0.1, -0.05) is 18.2 Å². The largest absolute Gasteiger partial charge is 0.418 e. The van der Waals surface area contributed by atoms with Crippen molar-refractivity contribution >= 4 is 17.2 Å². The predicted octanol–water partition coefficient (Wildman–Crippen LogP) is 3.55. The van der Waals surface area contributed by atoms with Gasteiger partial charge in [-0.3, -0.25) is 4.79 Å². The van der Waals surface area contributed by atoms with Crippen LogP contribution in [0.2, 0.25) is 0 Å². The number of halogens is 1. The summed E-state index contributed by atoms with van der Waals surface area (Å²) in [6.07, 6.45) is 1.63. The van der Waals surface area contributed by atoms with Crippen LogP contribution in [0.4, 0.5) is 4.39 Å². The fraction of sp³-hybridized carbons (Fsp3) is 0.333. The van der Waals surface area contributed by atoms with Gasteiger partial charge in [-0.15, -0.1) is 21.5 Å². The van der Waals surface area contributed by atoms with E-state index in [1.165, 1.54) is 17.4 Å². The molecule has 1 aromatic carbocycles. The summed E-state index contributed by atoms with van der Waals surface area (Å²) in [4.78, 5) is 19.4. The Hall–Kier alpha value is -2.61. The number of aromatic nitrogens is 3. The van der Waals surface area contributed by atoms with E-state index >= 15 is 0 Å². The lowest BCUT2D eigenvalue weighted by Crippen LogP contribution is -2.32. The second-order valence-electron chi connectivity index (χ2n) is 6.23. The molecule has 0 radical (unpaired) electrons. The second-order valence-corrected chi connectivity index (χ2v) is 7.08. The molecule has 0 aliphatic carbocycles. The quantitative estimate of drug-likeness (QED) is 0.700. The van der Waals surface area contributed by atoms with E-state index in [9.17, 15) is 9.18 Å². The smallest absolute Gasteiger partial charge is 0.259 e. The number of hydrogen-bond acceptors (Lipinski definition) is 6. The SMILES string of the molecule is Cc1ncsc1-c1nnc([C@H]2CCCN2C(=O)Cc2ccccc2F)o1. The number of rotatable bonds is 4. The van der Waals surface area contributed by atoms with Crippen LogP contribution in [0.15, 0.2) is 34.2 Å². The number of amides is 1. The third-order valence-corrected chi connectivity index (χ3v) is 5.45. The third kappa shape index (κ3) is 3.12. The Labute approximate surface area is 153 Å². The van der Waals surface area contributed by atoms with Crippen LogP contribution >= 0.6 is 11.3 Å². The molecule has 1 saturated heterocycles. The van der Waals surface area contributed by atoms with Gasteiger partial charge in [-0.25, -0.2) is 9.37 Å². The van der Waals surface area contributed by atoms with E-state index in [0.29, 0.717) is 23.9 Å². The zero-order valence-corrected chi connectivity index (χ0v) is 15.0. The van der Waals surface area contributed by atoms with Gasteiger partial charge in [0, 0.05) is 6.54 Å². The van der Waals surface area contributed by atoms with Gasteiger partial charge in [0.1, 0.15) is 16.7 Å². The van der Waals surface area contributed by atoms with Crippen molar-refractivity contribution in [3.05, 3.63) is 52.7 Å². The average molecular weight is 372 g/mol. The number of carbonyl (C=O) groups is 1. The zero-order chi connectivity index (χ0) is 18.1. The summed E-state index contributed by atoms with van der Waals surface area (Å²) in [5.41, 5.74) is 2.97. The highest BCUT2D eigenvalue weighted by Gasteiger charge is 2.34. The molecule has 1 fully saturated rings. The zero-order valence-electron chi connectivity index (χ0n) is 14.2. The molecule has 134 valence electrons. The van der Waals surface area contributed by atoms with Crippen LogP contribution in [0.3, 0.4) is 0 Å². The Kier molecular flexibility index (Phi) is 4.50. The van der Waals surface area contributed by atoms with E-state index in [1.807, 2.05) is 6.92 Å². The standard InChI is InChI=1S/C18H17FN4O2S/c1-11-16(26-10-20-11)18-22-21-17(25-18)14-7-4-8-23(14)15(24)9-12-5-2-3-6-13(12)19/h2-3,5-6,10,14H,4,7-9H2,1H3/t14-/m1/s1. The van der Waals surface area contributed by atoms with Crippen LogP contribution in [0.1, 0.15) is 36.0 Å². The number of aryl methyl sites for hydroxylation is 1. The van der Waals surface area contributed by atoms with Crippen LogP contribution in [0.5, 0.6) is 0 Å². The van der Waals surface area contributed by atoms with Crippen molar-refractivity contribution in [3.63, 3.8) is 0 Å². The molecule has 3 heterocycles. The van der Waals surface area contributed by atoms with Gasteiger partial charge in [-0.05, 0) is 31.4 Å². The molecule has 8 heteroatoms. The maximum Gasteiger partial charge on any atom is 0.259 e. The lowest BCUT2D eigenvalue weighted by atomic mass is 10.1. The number of nitrogens with zero attached hydrogens (tertiary/aromatic N) is 4. The molecular formula is C18H17FN4O2S. The second kappa shape index (κ2) is 6.95. The molecule has 6 nitrogen and oxygen atoms in total. The summed E-state index contributed by atoms with van der Waals surface area (Å²) in [6.45, 7) is 2.49. The number of hydrogen-bond donors (Lipinski definition) is 0. The Morgan fingerprint density at radius 3 is 3.00 bits per heavy atom. The summed E-state index contributed by atoms with van der Waals surface area (Å²) in [5, 5.41) is 8.26. The van der Waals surface area contributed by atoms with Crippen molar-refractivity contribution in [2.45, 2.75) is 32.2 Å². The molecule has 0 N–H and O–H groups in total. The summed E-state index contributed by atoms with van der Waals surface area (Å²) in [7, 11) is 0. The van der Waals surface area contributed by atoms with Gasteiger partial charge in [-0.2, -0.15) is 0 Å². The van der Waals surface area contributed by atoms with Crippen LogP contribution in [0, 0.1) is 12.7 Å². The van der Waals surface area contributed by atoms with Gasteiger partial charge < -0.3 is 9.32 Å². The van der Waals surface area contributed by atoms with Crippen molar-refractivity contribution in [2.75, 3.05) is 6.54 Å². The summed E-state index contributed by atoms with van der Waals surface area (Å²) < 4.78 is 19.7. The minimum Gasteiger partial charge on any atom is -0.418 e. The molecule has 0 bridgehead atoms. The lowest BCUT2D eigenvalue weighted by Gasteiger charge is -2.22. The van der Waals surface area contributed by atoms with Crippen molar-refractivity contribution in [1.29, 1.82) is 0 Å². The van der Waals surface area contributed by atoms with Gasteiger partial charge >= 0.3 is 0 Å². The molecule has 1 aliphatic heterocycles. The molecular weight excluding hydrogens is 355 g/mol. The fourth-order valence-corrected chi connectivity index (χ4v) is 3.92. The monoisotopic (exact) mass is 372 g/mol. The number of carbonyl (C=O) groups excluding carboxylic acids is 1. The Morgan fingerprint density at radius 2 is 2.23 bits per heavy atom. The van der Waals surface area contributed by atoms with E-state index in [1.54, 1.807) is 28.6 Å². The van der Waals surface area contributed by atoms with Crippen LogP contribution in [0.25, 0.3) is 10.8 Å². The van der Waals surface area contributed by atoms with E-state index < -0.39 is 0 Å². The Balaban J connectivity index is 1.54. The molecule has 2 aromatic heterocycles. The highest BCUT2D eigenvalue weighted by molar-refractivity contribution is 7.13. The first-order valence-electron chi connectivity index (χ1n) is 8.40. The highest BCUT2D eigenvalue weighted by atomic mass is 32.1. The molecule has 1 atom stereocenters. The molecule has 1 amide bonds. The average Bonchev–Trinajstić information content (AvgIpc) is 3.35. The van der Waals surface area contributed by atoms with Crippen LogP contribution in [-0.4, -0.2) is 32.5 Å². The molecule has 4 rings (SSSR count). The minimum atomic E-state index is -0.364. The summed E-state index contributed by atoms with van der Waals surface area (Å²) in [6, 6.07) is 6.09. The van der Waals surface area contributed by atoms with E-state index in [2.05, 4.69) is 15.2 Å². The van der Waals surface area contributed by atoms with E-state index in [-0.39, 0.29) is 24.2 Å². The Morgan fingerprint density at radius 1 is 1.38 bits per heavy atom. The minimum absolute atomic E-state index is 0.0259. The Bertz CT molecular complexity index is 939. The van der Waals surface area contributed by atoms with Gasteiger partial charge in [0.25, 0.3) is 5.89 Å². The topological polar surface area (TPSA) is 72.1 Å². The summed E-state index contributed by atoms with van der Waals surface area (Å²) >= 11 is 1.44. The molecule has 0 saturated carbocycles. The van der Waals surface area contributed by atoms with Gasteiger partial charge in [0.2, 0.25) is 11.8 Å². The number of benzene rings is 1. The molecule has 0 unspecified atom stereocenters. The van der Waals surface area contributed by atoms with Crippen LogP contribution < -0.4 is 0 Å². The molecule has 0 spiro atoms. The predicted molar refractivity (Wildman–Crippen MR) is 93.9 cm³/mol. The third-order valence-electron chi connectivity index (χ3n) is 4.54. The van der Waals surface area contributed by atoms with Gasteiger partial charge in [0.15, 0.2) is 0 Å². The van der Waals surface area contributed by atoms with E-state index in [4.69, 9.17) is 4.42 Å². The molecule has 26 heavy (non-hydrogen) atoms. The number of thiazole rings is 1. The van der Waals surface area contributed by atoms with Gasteiger partial charge in [0.05, 0.1) is 17.6 Å².